The largest absolute Gasteiger partial charge is 0.433 e. The molecule has 1 aliphatic rings. The number of halogens is 5. The Bertz CT molecular complexity index is 1290. The Labute approximate surface area is 190 Å². The first-order chi connectivity index (χ1) is 15.8. The fourth-order valence-corrected chi connectivity index (χ4v) is 4.40. The van der Waals surface area contributed by atoms with Crippen molar-refractivity contribution in [3.05, 3.63) is 59.4 Å². The van der Waals surface area contributed by atoms with E-state index in [2.05, 4.69) is 20.2 Å². The average molecular weight is 478 g/mol. The summed E-state index contributed by atoms with van der Waals surface area (Å²) in [6.45, 7) is 1.97. The van der Waals surface area contributed by atoms with E-state index < -0.39 is 17.7 Å². The van der Waals surface area contributed by atoms with Crippen molar-refractivity contribution in [3.8, 4) is 34.0 Å². The monoisotopic (exact) mass is 477 g/mol. The molecule has 0 N–H and O–H groups in total. The predicted octanol–water partition coefficient (Wildman–Crippen LogP) is 6.44. The Kier molecular flexibility index (Phi) is 5.19. The van der Waals surface area contributed by atoms with Crippen molar-refractivity contribution >= 4 is 11.6 Å². The van der Waals surface area contributed by atoms with E-state index in [9.17, 15) is 17.6 Å². The van der Waals surface area contributed by atoms with E-state index in [0.717, 1.165) is 10.9 Å². The van der Waals surface area contributed by atoms with E-state index in [1.165, 1.54) is 30.6 Å². The van der Waals surface area contributed by atoms with Gasteiger partial charge in [0.25, 0.3) is 0 Å². The van der Waals surface area contributed by atoms with Crippen LogP contribution in [-0.2, 0) is 6.18 Å². The molecule has 1 aliphatic carbocycles. The second-order valence-electron chi connectivity index (χ2n) is 7.98. The molecule has 11 heteroatoms. The summed E-state index contributed by atoms with van der Waals surface area (Å²) in [5.74, 6) is -0.644. The zero-order valence-corrected chi connectivity index (χ0v) is 17.9. The van der Waals surface area contributed by atoms with Crippen LogP contribution in [-0.4, -0.2) is 24.9 Å². The molecular formula is C22H16ClF4N5O. The second kappa shape index (κ2) is 7.95. The molecule has 33 heavy (non-hydrogen) atoms. The predicted molar refractivity (Wildman–Crippen MR) is 112 cm³/mol. The first kappa shape index (κ1) is 21.6. The minimum absolute atomic E-state index is 0.00497. The highest BCUT2D eigenvalue weighted by Crippen LogP contribution is 2.47. The number of hydrogen-bond donors (Lipinski definition) is 0. The third-order valence-electron chi connectivity index (χ3n) is 5.68. The highest BCUT2D eigenvalue weighted by Gasteiger charge is 2.44. The van der Waals surface area contributed by atoms with Gasteiger partial charge in [-0.1, -0.05) is 29.7 Å². The fraction of sp³-hybridized carbons (Fsp3) is 0.273. The van der Waals surface area contributed by atoms with Crippen LogP contribution in [0, 0.1) is 11.7 Å². The molecule has 5 rings (SSSR count). The Morgan fingerprint density at radius 3 is 2.45 bits per heavy atom. The van der Waals surface area contributed by atoms with E-state index in [0.29, 0.717) is 18.8 Å². The Hall–Kier alpha value is -3.27. The van der Waals surface area contributed by atoms with Gasteiger partial charge in [-0.25, -0.2) is 14.4 Å². The maximum atomic E-state index is 14.7. The molecule has 4 aromatic rings. The summed E-state index contributed by atoms with van der Waals surface area (Å²) in [5.41, 5.74) is -1.51. The normalized spacial score (nSPS) is 18.4. The molecule has 0 saturated heterocycles. The molecule has 1 saturated carbocycles. The lowest BCUT2D eigenvalue weighted by atomic mass is 9.82. The van der Waals surface area contributed by atoms with E-state index in [1.807, 2.05) is 6.92 Å². The van der Waals surface area contributed by atoms with Gasteiger partial charge in [-0.15, -0.1) is 0 Å². The van der Waals surface area contributed by atoms with Gasteiger partial charge in [-0.3, -0.25) is 4.68 Å². The van der Waals surface area contributed by atoms with Gasteiger partial charge in [0.2, 0.25) is 0 Å². The van der Waals surface area contributed by atoms with Gasteiger partial charge in [0.05, 0.1) is 34.0 Å². The lowest BCUT2D eigenvalue weighted by Crippen LogP contribution is -2.29. The van der Waals surface area contributed by atoms with Crippen molar-refractivity contribution in [3.63, 3.8) is 0 Å². The van der Waals surface area contributed by atoms with Crippen molar-refractivity contribution in [1.29, 1.82) is 0 Å². The average Bonchev–Trinajstić information content (AvgIpc) is 3.36. The van der Waals surface area contributed by atoms with Crippen LogP contribution >= 0.6 is 11.6 Å². The Balaban J connectivity index is 1.77. The van der Waals surface area contributed by atoms with Crippen LogP contribution in [0.3, 0.4) is 0 Å². The molecule has 3 aromatic heterocycles. The molecule has 0 amide bonds. The third kappa shape index (κ3) is 3.68. The number of alkyl halides is 3. The zero-order valence-electron chi connectivity index (χ0n) is 17.1. The first-order valence-corrected chi connectivity index (χ1v) is 10.5. The second-order valence-corrected chi connectivity index (χ2v) is 8.39. The van der Waals surface area contributed by atoms with E-state index in [4.69, 9.17) is 16.1 Å². The van der Waals surface area contributed by atoms with Gasteiger partial charge in [-0.2, -0.15) is 18.3 Å². The highest BCUT2D eigenvalue weighted by molar-refractivity contribution is 6.33. The van der Waals surface area contributed by atoms with Crippen LogP contribution in [0.15, 0.2) is 47.4 Å². The van der Waals surface area contributed by atoms with Gasteiger partial charge >= 0.3 is 6.18 Å². The van der Waals surface area contributed by atoms with Crippen molar-refractivity contribution in [2.45, 2.75) is 32.0 Å². The molecule has 0 aliphatic heterocycles. The van der Waals surface area contributed by atoms with Crippen molar-refractivity contribution in [1.82, 2.24) is 24.9 Å². The molecule has 0 radical (unpaired) electrons. The summed E-state index contributed by atoms with van der Waals surface area (Å²) in [7, 11) is 0. The molecule has 170 valence electrons. The van der Waals surface area contributed by atoms with Gasteiger partial charge in [0, 0.05) is 12.4 Å². The number of benzene rings is 1. The van der Waals surface area contributed by atoms with Crippen LogP contribution in [0.4, 0.5) is 17.6 Å². The Morgan fingerprint density at radius 1 is 1.09 bits per heavy atom. The first-order valence-electron chi connectivity index (χ1n) is 10.1. The summed E-state index contributed by atoms with van der Waals surface area (Å²) in [6.07, 6.45) is 0.371. The maximum Gasteiger partial charge on any atom is 0.433 e. The molecule has 6 nitrogen and oxygen atoms in total. The van der Waals surface area contributed by atoms with Gasteiger partial charge in [0.1, 0.15) is 11.5 Å². The third-order valence-corrected chi connectivity index (χ3v) is 6.00. The summed E-state index contributed by atoms with van der Waals surface area (Å²) >= 11 is 6.21. The molecule has 0 unspecified atom stereocenters. The minimum atomic E-state index is -4.72. The zero-order chi connectivity index (χ0) is 23.3. The minimum Gasteiger partial charge on any atom is -0.355 e. The van der Waals surface area contributed by atoms with Crippen molar-refractivity contribution < 1.29 is 22.1 Å². The number of nitrogens with zero attached hydrogens (tertiary/aromatic N) is 5. The lowest BCUT2D eigenvalue weighted by molar-refractivity contribution is -0.145. The number of aromatic nitrogens is 5. The molecule has 0 atom stereocenters. The van der Waals surface area contributed by atoms with E-state index >= 15 is 0 Å². The van der Waals surface area contributed by atoms with Gasteiger partial charge in [-0.05, 0) is 37.0 Å². The quantitative estimate of drug-likeness (QED) is 0.316. The van der Waals surface area contributed by atoms with Crippen LogP contribution < -0.4 is 0 Å². The van der Waals surface area contributed by atoms with Gasteiger partial charge in [0.15, 0.2) is 17.3 Å². The molecular weight excluding hydrogens is 462 g/mol. The van der Waals surface area contributed by atoms with Crippen LogP contribution in [0.2, 0.25) is 5.02 Å². The fourth-order valence-electron chi connectivity index (χ4n) is 4.15. The Morgan fingerprint density at radius 2 is 1.82 bits per heavy atom. The molecule has 1 aromatic carbocycles. The molecule has 1 fully saturated rings. The molecule has 0 spiro atoms. The van der Waals surface area contributed by atoms with Crippen LogP contribution in [0.1, 0.15) is 31.5 Å². The molecule has 0 bridgehead atoms. The summed E-state index contributed by atoms with van der Waals surface area (Å²) in [4.78, 5) is 8.28. The van der Waals surface area contributed by atoms with Crippen molar-refractivity contribution in [2.75, 3.05) is 0 Å². The highest BCUT2D eigenvalue weighted by atomic mass is 35.5. The maximum absolute atomic E-state index is 14.7. The summed E-state index contributed by atoms with van der Waals surface area (Å²) in [6, 6.07) is 5.20. The van der Waals surface area contributed by atoms with E-state index in [-0.39, 0.29) is 45.0 Å². The van der Waals surface area contributed by atoms with Crippen molar-refractivity contribution in [2.24, 2.45) is 5.92 Å². The van der Waals surface area contributed by atoms with Crippen LogP contribution in [0.5, 0.6) is 0 Å². The smallest absolute Gasteiger partial charge is 0.355 e. The van der Waals surface area contributed by atoms with Crippen LogP contribution in [0.25, 0.3) is 34.0 Å². The number of hydrogen-bond acceptors (Lipinski definition) is 5. The SMILES string of the molecule is CC1CC(n2ncc(-c3onc(-c4c(F)cccc4Cl)c3-c3ncccn3)c2C(F)(F)F)C1. The molecule has 3 heterocycles. The number of rotatable bonds is 4. The summed E-state index contributed by atoms with van der Waals surface area (Å²) in [5, 5.41) is 7.95. The van der Waals surface area contributed by atoms with E-state index in [1.54, 1.807) is 6.07 Å². The lowest BCUT2D eigenvalue weighted by Gasteiger charge is -2.34. The summed E-state index contributed by atoms with van der Waals surface area (Å²) < 4.78 is 63.7. The topological polar surface area (TPSA) is 69.6 Å². The standard InChI is InChI=1S/C22H16ClF4N5O/c1-11-8-12(9-11)32-20(22(25,26)27)13(10-30-32)19-17(21-28-6-3-7-29-21)18(31-33-19)16-14(23)4-2-5-15(16)24/h2-7,10-12H,8-9H2,1H3. The van der Waals surface area contributed by atoms with Gasteiger partial charge < -0.3 is 4.52 Å².